The minimum absolute atomic E-state index is 0.107. The van der Waals surface area contributed by atoms with Gasteiger partial charge in [-0.05, 0) is 31.6 Å². The molecule has 0 aromatic carbocycles. The molecule has 0 aliphatic heterocycles. The molecule has 98 heavy (non-hydrogen) atoms. The first-order valence-electron chi connectivity index (χ1n) is 41.1. The maximum Gasteiger partial charge on any atom is 0.472 e. The second kappa shape index (κ2) is 72.0. The second-order valence-electron chi connectivity index (χ2n) is 28.9. The molecular weight excluding hydrogens is 1280 g/mol. The van der Waals surface area contributed by atoms with Crippen molar-refractivity contribution in [2.75, 3.05) is 39.6 Å². The molecule has 0 fully saturated rings. The van der Waals surface area contributed by atoms with Gasteiger partial charge in [-0.15, -0.1) is 0 Å². The molecule has 17 nitrogen and oxygen atoms in total. The van der Waals surface area contributed by atoms with E-state index in [0.29, 0.717) is 25.7 Å². The van der Waals surface area contributed by atoms with Crippen LogP contribution in [0.3, 0.4) is 0 Å². The van der Waals surface area contributed by atoms with Gasteiger partial charge in [0.1, 0.15) is 19.3 Å². The lowest BCUT2D eigenvalue weighted by Crippen LogP contribution is -2.30. The topological polar surface area (TPSA) is 237 Å². The van der Waals surface area contributed by atoms with Gasteiger partial charge >= 0.3 is 39.5 Å². The highest BCUT2D eigenvalue weighted by atomic mass is 31.2. The fourth-order valence-electron chi connectivity index (χ4n) is 12.2. The molecule has 0 spiro atoms. The van der Waals surface area contributed by atoms with Crippen LogP contribution in [0.1, 0.15) is 420 Å². The summed E-state index contributed by atoms with van der Waals surface area (Å²) >= 11 is 0. The van der Waals surface area contributed by atoms with Crippen LogP contribution in [0.15, 0.2) is 0 Å². The van der Waals surface area contributed by atoms with Crippen molar-refractivity contribution >= 4 is 39.5 Å². The molecule has 0 amide bonds. The monoisotopic (exact) mass is 1440 g/mol. The summed E-state index contributed by atoms with van der Waals surface area (Å²) < 4.78 is 68.4. The van der Waals surface area contributed by atoms with Gasteiger partial charge < -0.3 is 33.8 Å². The van der Waals surface area contributed by atoms with Crippen LogP contribution in [-0.2, 0) is 65.4 Å². The smallest absolute Gasteiger partial charge is 0.462 e. The first kappa shape index (κ1) is 96.1. The molecule has 2 unspecified atom stereocenters. The number of carbonyl (C=O) groups is 4. The molecule has 19 heteroatoms. The van der Waals surface area contributed by atoms with Gasteiger partial charge in [0.15, 0.2) is 12.2 Å². The third kappa shape index (κ3) is 72.4. The Morgan fingerprint density at radius 2 is 0.469 bits per heavy atom. The van der Waals surface area contributed by atoms with Crippen LogP contribution in [-0.4, -0.2) is 96.7 Å². The van der Waals surface area contributed by atoms with Gasteiger partial charge in [-0.2, -0.15) is 0 Å². The number of phosphoric acid groups is 2. The van der Waals surface area contributed by atoms with Crippen LogP contribution in [0.2, 0.25) is 0 Å². The number of esters is 4. The molecule has 582 valence electrons. The Labute approximate surface area is 600 Å². The standard InChI is InChI=1S/C79H154O17P2/c1-6-9-12-15-17-19-21-23-24-25-26-27-28-29-30-33-38-42-46-50-55-60-65-79(84)96-75(69-90-77(82)63-58-53-48-44-40-37-34-31-32-36-39-43-47-52-56-61-72(4)5)71-94-98(87,88)92-67-73(80)66-91-97(85,86)93-70-74(68-89-76(81)62-57-51-14-11-8-3)95-78(83)64-59-54-49-45-41-35-22-20-18-16-13-10-7-2/h72-75,80H,6-71H2,1-5H3,(H,85,86)(H,87,88)/t73-,74+,75+/m0/s1. The van der Waals surface area contributed by atoms with Crippen molar-refractivity contribution in [2.45, 2.75) is 438 Å². The predicted octanol–water partition coefficient (Wildman–Crippen LogP) is 23.6. The first-order chi connectivity index (χ1) is 47.5. The van der Waals surface area contributed by atoms with Crippen molar-refractivity contribution in [1.29, 1.82) is 0 Å². The van der Waals surface area contributed by atoms with Crippen LogP contribution in [0, 0.1) is 5.92 Å². The molecule has 0 heterocycles. The SMILES string of the molecule is CCCCCCCCCCCCCCCCCCCCCCCCC(=O)O[C@H](COC(=O)CCCCCCCCCCCCCCCCCC(C)C)COP(=O)(O)OC[C@@H](O)COP(=O)(O)OC[C@@H](COC(=O)CCCCCCC)OC(=O)CCCCCCCCCCCCCCC. The molecule has 5 atom stereocenters. The van der Waals surface area contributed by atoms with E-state index in [1.165, 1.54) is 238 Å². The minimum atomic E-state index is -4.96. The molecule has 3 N–H and O–H groups in total. The number of hydrogen-bond donors (Lipinski definition) is 3. The Morgan fingerprint density at radius 3 is 0.694 bits per heavy atom. The maximum absolute atomic E-state index is 13.1. The lowest BCUT2D eigenvalue weighted by atomic mass is 10.0. The van der Waals surface area contributed by atoms with Gasteiger partial charge in [0.05, 0.1) is 26.4 Å². The molecule has 0 aromatic rings. The number of aliphatic hydroxyl groups excluding tert-OH is 1. The average Bonchev–Trinajstić information content (AvgIpc) is 1.09. The van der Waals surface area contributed by atoms with Crippen LogP contribution in [0.25, 0.3) is 0 Å². The molecule has 0 rings (SSSR count). The highest BCUT2D eigenvalue weighted by Crippen LogP contribution is 2.45. The first-order valence-corrected chi connectivity index (χ1v) is 44.1. The second-order valence-corrected chi connectivity index (χ2v) is 31.8. The molecule has 0 aromatic heterocycles. The summed E-state index contributed by atoms with van der Waals surface area (Å²) in [5.41, 5.74) is 0. The van der Waals surface area contributed by atoms with E-state index in [9.17, 15) is 43.2 Å². The van der Waals surface area contributed by atoms with Crippen molar-refractivity contribution in [3.63, 3.8) is 0 Å². The number of carbonyl (C=O) groups excluding carboxylic acids is 4. The summed E-state index contributed by atoms with van der Waals surface area (Å²) in [6.07, 6.45) is 63.0. The lowest BCUT2D eigenvalue weighted by molar-refractivity contribution is -0.161. The zero-order valence-corrected chi connectivity index (χ0v) is 65.7. The van der Waals surface area contributed by atoms with E-state index in [1.54, 1.807) is 0 Å². The maximum atomic E-state index is 13.1. The van der Waals surface area contributed by atoms with Crippen molar-refractivity contribution in [1.82, 2.24) is 0 Å². The van der Waals surface area contributed by atoms with Gasteiger partial charge in [0.25, 0.3) is 0 Å². The minimum Gasteiger partial charge on any atom is -0.462 e. The van der Waals surface area contributed by atoms with E-state index < -0.39 is 97.5 Å². The molecule has 0 aliphatic carbocycles. The van der Waals surface area contributed by atoms with Crippen LogP contribution < -0.4 is 0 Å². The highest BCUT2D eigenvalue weighted by Gasteiger charge is 2.30. The highest BCUT2D eigenvalue weighted by molar-refractivity contribution is 7.47. The van der Waals surface area contributed by atoms with Crippen molar-refractivity contribution in [2.24, 2.45) is 5.92 Å². The van der Waals surface area contributed by atoms with E-state index in [2.05, 4.69) is 34.6 Å². The molecule has 0 aliphatic rings. The van der Waals surface area contributed by atoms with E-state index in [4.69, 9.17) is 37.0 Å². The summed E-state index contributed by atoms with van der Waals surface area (Å²) in [4.78, 5) is 72.6. The van der Waals surface area contributed by atoms with Crippen molar-refractivity contribution < 1.29 is 80.2 Å². The van der Waals surface area contributed by atoms with Crippen LogP contribution in [0.4, 0.5) is 0 Å². The Bertz CT molecular complexity index is 1870. The van der Waals surface area contributed by atoms with Crippen molar-refractivity contribution in [3.8, 4) is 0 Å². The number of aliphatic hydroxyl groups is 1. The fraction of sp³-hybridized carbons (Fsp3) is 0.949. The molecule has 0 bridgehead atoms. The lowest BCUT2D eigenvalue weighted by Gasteiger charge is -2.21. The van der Waals surface area contributed by atoms with E-state index in [0.717, 1.165) is 102 Å². The number of hydrogen-bond acceptors (Lipinski definition) is 15. The fourth-order valence-corrected chi connectivity index (χ4v) is 13.8. The molecule has 0 saturated carbocycles. The Morgan fingerprint density at radius 1 is 0.276 bits per heavy atom. The number of unbranched alkanes of at least 4 members (excludes halogenated alkanes) is 51. The zero-order valence-electron chi connectivity index (χ0n) is 63.9. The van der Waals surface area contributed by atoms with Gasteiger partial charge in [0, 0.05) is 25.7 Å². The number of rotatable bonds is 79. The normalized spacial score (nSPS) is 13.9. The molecule has 0 saturated heterocycles. The largest absolute Gasteiger partial charge is 0.472 e. The summed E-state index contributed by atoms with van der Waals surface area (Å²) in [5.74, 6) is -1.32. The van der Waals surface area contributed by atoms with Crippen LogP contribution >= 0.6 is 15.6 Å². The van der Waals surface area contributed by atoms with Gasteiger partial charge in [-0.3, -0.25) is 37.3 Å². The summed E-state index contributed by atoms with van der Waals surface area (Å²) in [6, 6.07) is 0. The Balaban J connectivity index is 5.11. The van der Waals surface area contributed by atoms with Crippen molar-refractivity contribution in [3.05, 3.63) is 0 Å². The summed E-state index contributed by atoms with van der Waals surface area (Å²) in [6.45, 7) is 7.25. The van der Waals surface area contributed by atoms with Crippen LogP contribution in [0.5, 0.6) is 0 Å². The summed E-state index contributed by atoms with van der Waals surface area (Å²) in [7, 11) is -9.90. The average molecular weight is 1440 g/mol. The van der Waals surface area contributed by atoms with Gasteiger partial charge in [-0.1, -0.05) is 369 Å². The Hall–Kier alpha value is -1.94. The van der Waals surface area contributed by atoms with E-state index in [1.807, 2.05) is 0 Å². The number of ether oxygens (including phenoxy) is 4. The van der Waals surface area contributed by atoms with Gasteiger partial charge in [-0.25, -0.2) is 9.13 Å². The summed E-state index contributed by atoms with van der Waals surface area (Å²) in [5, 5.41) is 10.6. The number of phosphoric ester groups is 2. The third-order valence-corrected chi connectivity index (χ3v) is 20.4. The predicted molar refractivity (Wildman–Crippen MR) is 400 cm³/mol. The quantitative estimate of drug-likeness (QED) is 0.0222. The van der Waals surface area contributed by atoms with Gasteiger partial charge in [0.2, 0.25) is 0 Å². The zero-order chi connectivity index (χ0) is 71.9. The Kier molecular flexibility index (Phi) is 70.6. The van der Waals surface area contributed by atoms with E-state index in [-0.39, 0.29) is 25.7 Å². The third-order valence-electron chi connectivity index (χ3n) is 18.5. The molecular formula is C79H154O17P2. The molecule has 0 radical (unpaired) electrons. The van der Waals surface area contributed by atoms with E-state index >= 15 is 0 Å².